The largest absolute Gasteiger partial charge is 0.478 e. The number of hydrogen-bond donors (Lipinski definition) is 3. The number of likely N-dealkylation sites (N-methyl/N-ethyl adjacent to an activating group) is 1. The number of ether oxygens (including phenoxy) is 1. The molecule has 10 heteroatoms. The second-order valence-electron chi connectivity index (χ2n) is 10.7. The Labute approximate surface area is 243 Å². The molecule has 0 aliphatic rings. The van der Waals surface area contributed by atoms with Crippen molar-refractivity contribution in [2.24, 2.45) is 0 Å². The fourth-order valence-electron chi connectivity index (χ4n) is 4.16. The molecule has 3 N–H and O–H groups in total. The van der Waals surface area contributed by atoms with Crippen LogP contribution in [0, 0.1) is 0 Å². The summed E-state index contributed by atoms with van der Waals surface area (Å²) in [6.07, 6.45) is 1.52. The number of rotatable bonds is 8. The summed E-state index contributed by atoms with van der Waals surface area (Å²) in [5.41, 5.74) is 1.90. The Kier molecular flexibility index (Phi) is 8.85. The molecule has 0 spiro atoms. The van der Waals surface area contributed by atoms with E-state index in [0.717, 1.165) is 5.56 Å². The molecule has 1 aromatic heterocycles. The first-order chi connectivity index (χ1) is 19.9. The highest BCUT2D eigenvalue weighted by Crippen LogP contribution is 2.24. The van der Waals surface area contributed by atoms with Crippen LogP contribution in [0.25, 0.3) is 10.9 Å². The molecule has 1 heterocycles. The van der Waals surface area contributed by atoms with E-state index >= 15 is 0 Å². The molecule has 10 nitrogen and oxygen atoms in total. The van der Waals surface area contributed by atoms with Crippen LogP contribution < -0.4 is 10.6 Å². The van der Waals surface area contributed by atoms with Crippen molar-refractivity contribution in [3.8, 4) is 0 Å². The van der Waals surface area contributed by atoms with Crippen LogP contribution in [-0.2, 0) is 11.2 Å². The highest BCUT2D eigenvalue weighted by Gasteiger charge is 2.22. The second-order valence-corrected chi connectivity index (χ2v) is 10.7. The number of aromatic carboxylic acids is 1. The molecule has 3 aromatic carbocycles. The van der Waals surface area contributed by atoms with Crippen LogP contribution in [0.4, 0.5) is 16.2 Å². The van der Waals surface area contributed by atoms with Gasteiger partial charge in [0.15, 0.2) is 0 Å². The van der Waals surface area contributed by atoms with Gasteiger partial charge in [-0.3, -0.25) is 14.6 Å². The molecule has 0 saturated heterocycles. The summed E-state index contributed by atoms with van der Waals surface area (Å²) < 4.78 is 5.38. The summed E-state index contributed by atoms with van der Waals surface area (Å²) in [6, 6.07) is 20.0. The van der Waals surface area contributed by atoms with Gasteiger partial charge in [-0.1, -0.05) is 36.4 Å². The van der Waals surface area contributed by atoms with Crippen LogP contribution in [0.2, 0.25) is 0 Å². The molecule has 0 aliphatic carbocycles. The van der Waals surface area contributed by atoms with Gasteiger partial charge >= 0.3 is 12.1 Å². The average Bonchev–Trinajstić information content (AvgIpc) is 2.95. The van der Waals surface area contributed by atoms with Crippen molar-refractivity contribution >= 4 is 46.2 Å². The number of aromatic nitrogens is 1. The van der Waals surface area contributed by atoms with Gasteiger partial charge in [-0.15, -0.1) is 0 Å². The standard InChI is InChI=1S/C32H32N4O6/c1-32(2,3)42-31(41)36(4)17-16-20-12-14-22(15-13-20)34-29(38)27-24-10-5-6-11-26(24)33-19-25(27)28(37)35-23-9-7-8-21(18-23)30(39)40/h5-15,18-19H,16-17H2,1-4H3,(H,34,38)(H,35,37)(H,39,40). The lowest BCUT2D eigenvalue weighted by molar-refractivity contribution is 0.0300. The fraction of sp³-hybridized carbons (Fsp3) is 0.219. The van der Waals surface area contributed by atoms with Gasteiger partial charge in [-0.05, 0) is 69.2 Å². The number of carbonyl (C=O) groups is 4. The van der Waals surface area contributed by atoms with E-state index in [1.54, 1.807) is 49.5 Å². The summed E-state index contributed by atoms with van der Waals surface area (Å²) in [4.78, 5) is 56.3. The number of anilines is 2. The minimum Gasteiger partial charge on any atom is -0.478 e. The number of nitrogens with one attached hydrogen (secondary N) is 2. The minimum absolute atomic E-state index is 0.0161. The molecular weight excluding hydrogens is 536 g/mol. The molecule has 216 valence electrons. The van der Waals surface area contributed by atoms with Gasteiger partial charge in [0.1, 0.15) is 5.60 Å². The van der Waals surface area contributed by atoms with Gasteiger partial charge in [-0.25, -0.2) is 9.59 Å². The number of nitrogens with zero attached hydrogens (tertiary/aromatic N) is 2. The molecule has 0 saturated carbocycles. The van der Waals surface area contributed by atoms with Crippen molar-refractivity contribution in [3.63, 3.8) is 0 Å². The van der Waals surface area contributed by atoms with Crippen LogP contribution >= 0.6 is 0 Å². The first-order valence-corrected chi connectivity index (χ1v) is 13.3. The van der Waals surface area contributed by atoms with Crippen molar-refractivity contribution in [1.82, 2.24) is 9.88 Å². The van der Waals surface area contributed by atoms with E-state index in [2.05, 4.69) is 15.6 Å². The quantitative estimate of drug-likeness (QED) is 0.242. The SMILES string of the molecule is CN(CCc1ccc(NC(=O)c2c(C(=O)Nc3cccc(C(=O)O)c3)cnc3ccccc23)cc1)C(=O)OC(C)(C)C. The zero-order chi connectivity index (χ0) is 30.4. The number of benzene rings is 3. The Balaban J connectivity index is 1.51. The van der Waals surface area contributed by atoms with Crippen molar-refractivity contribution in [3.05, 3.63) is 101 Å². The van der Waals surface area contributed by atoms with E-state index in [0.29, 0.717) is 29.6 Å². The lowest BCUT2D eigenvalue weighted by atomic mass is 10.0. The minimum atomic E-state index is -1.13. The van der Waals surface area contributed by atoms with Crippen LogP contribution in [0.15, 0.2) is 79.0 Å². The third kappa shape index (κ3) is 7.48. The molecule has 0 atom stereocenters. The first kappa shape index (κ1) is 29.7. The van der Waals surface area contributed by atoms with Crippen LogP contribution in [0.3, 0.4) is 0 Å². The summed E-state index contributed by atoms with van der Waals surface area (Å²) >= 11 is 0. The van der Waals surface area contributed by atoms with Gasteiger partial charge in [0.2, 0.25) is 0 Å². The maximum atomic E-state index is 13.6. The number of amides is 3. The summed E-state index contributed by atoms with van der Waals surface area (Å²) in [7, 11) is 1.68. The number of hydrogen-bond acceptors (Lipinski definition) is 6. The normalized spacial score (nSPS) is 11.0. The van der Waals surface area contributed by atoms with Crippen LogP contribution in [0.1, 0.15) is 57.4 Å². The van der Waals surface area contributed by atoms with E-state index in [4.69, 9.17) is 4.74 Å². The summed E-state index contributed by atoms with van der Waals surface area (Å²) in [5.74, 6) is -2.24. The van der Waals surface area contributed by atoms with Gasteiger partial charge < -0.3 is 25.4 Å². The zero-order valence-corrected chi connectivity index (χ0v) is 23.8. The molecule has 3 amide bonds. The molecule has 4 rings (SSSR count). The first-order valence-electron chi connectivity index (χ1n) is 13.3. The Hall–Kier alpha value is -5.25. The Bertz CT molecular complexity index is 1640. The number of carboxylic acid groups (broad SMARTS) is 1. The lowest BCUT2D eigenvalue weighted by Crippen LogP contribution is -2.35. The fourth-order valence-corrected chi connectivity index (χ4v) is 4.16. The Morgan fingerprint density at radius 2 is 1.57 bits per heavy atom. The van der Waals surface area contributed by atoms with E-state index in [1.807, 2.05) is 32.9 Å². The third-order valence-corrected chi connectivity index (χ3v) is 6.27. The summed E-state index contributed by atoms with van der Waals surface area (Å²) in [6.45, 7) is 5.90. The third-order valence-electron chi connectivity index (χ3n) is 6.27. The second kappa shape index (κ2) is 12.5. The van der Waals surface area contributed by atoms with Gasteiger partial charge in [0.25, 0.3) is 11.8 Å². The van der Waals surface area contributed by atoms with Crippen LogP contribution in [0.5, 0.6) is 0 Å². The maximum absolute atomic E-state index is 13.6. The highest BCUT2D eigenvalue weighted by molar-refractivity contribution is 6.20. The molecule has 4 aromatic rings. The number of pyridine rings is 1. The van der Waals surface area contributed by atoms with Crippen molar-refractivity contribution < 1.29 is 29.0 Å². The molecule has 0 fully saturated rings. The highest BCUT2D eigenvalue weighted by atomic mass is 16.6. The van der Waals surface area contributed by atoms with E-state index < -0.39 is 29.5 Å². The Morgan fingerprint density at radius 3 is 2.26 bits per heavy atom. The molecular formula is C32H32N4O6. The molecule has 0 unspecified atom stereocenters. The molecule has 42 heavy (non-hydrogen) atoms. The smallest absolute Gasteiger partial charge is 0.410 e. The van der Waals surface area contributed by atoms with Gasteiger partial charge in [-0.2, -0.15) is 0 Å². The molecule has 0 radical (unpaired) electrons. The zero-order valence-electron chi connectivity index (χ0n) is 23.8. The van der Waals surface area contributed by atoms with E-state index in [-0.39, 0.29) is 22.4 Å². The molecule has 0 bridgehead atoms. The number of carbonyl (C=O) groups excluding carboxylic acids is 3. The van der Waals surface area contributed by atoms with E-state index in [1.165, 1.54) is 29.3 Å². The number of carboxylic acids is 1. The number of fused-ring (bicyclic) bond motifs is 1. The van der Waals surface area contributed by atoms with Gasteiger partial charge in [0, 0.05) is 36.6 Å². The van der Waals surface area contributed by atoms with Crippen LogP contribution in [-0.4, -0.2) is 58.1 Å². The predicted molar refractivity (Wildman–Crippen MR) is 160 cm³/mol. The lowest BCUT2D eigenvalue weighted by Gasteiger charge is -2.24. The Morgan fingerprint density at radius 1 is 0.881 bits per heavy atom. The monoisotopic (exact) mass is 568 g/mol. The van der Waals surface area contributed by atoms with Crippen molar-refractivity contribution in [1.29, 1.82) is 0 Å². The molecule has 0 aliphatic heterocycles. The average molecular weight is 569 g/mol. The summed E-state index contributed by atoms with van der Waals surface area (Å²) in [5, 5.41) is 15.3. The van der Waals surface area contributed by atoms with Gasteiger partial charge in [0.05, 0.1) is 22.2 Å². The van der Waals surface area contributed by atoms with E-state index in [9.17, 15) is 24.3 Å². The number of para-hydroxylation sites is 1. The maximum Gasteiger partial charge on any atom is 0.410 e. The predicted octanol–water partition coefficient (Wildman–Crippen LogP) is 5.85. The van der Waals surface area contributed by atoms with Crippen molar-refractivity contribution in [2.45, 2.75) is 32.8 Å². The topological polar surface area (TPSA) is 138 Å². The van der Waals surface area contributed by atoms with Crippen molar-refractivity contribution in [2.75, 3.05) is 24.2 Å².